The van der Waals surface area contributed by atoms with Crippen LogP contribution < -0.4 is 5.53 Å². The molecule has 0 saturated carbocycles. The number of hydrogen-bond donors (Lipinski definition) is 1. The summed E-state index contributed by atoms with van der Waals surface area (Å²) in [7, 11) is 2.04. The van der Waals surface area contributed by atoms with E-state index < -0.39 is 0 Å². The molecule has 27 heavy (non-hydrogen) atoms. The molecule has 7 nitrogen and oxygen atoms in total. The second-order valence-electron chi connectivity index (χ2n) is 7.94. The molecular weight excluding hydrogens is 342 g/mol. The van der Waals surface area contributed by atoms with E-state index in [4.69, 9.17) is 0 Å². The predicted molar refractivity (Wildman–Crippen MR) is 107 cm³/mol. The maximum atomic E-state index is 12.7. The normalized spacial score (nSPS) is 20.3. The van der Waals surface area contributed by atoms with Gasteiger partial charge in [0.05, 0.1) is 6.04 Å². The third kappa shape index (κ3) is 5.37. The van der Waals surface area contributed by atoms with E-state index >= 15 is 0 Å². The van der Waals surface area contributed by atoms with Crippen LogP contribution in [-0.4, -0.2) is 64.5 Å². The Kier molecular flexibility index (Phi) is 7.95. The van der Waals surface area contributed by atoms with Crippen molar-refractivity contribution in [1.29, 1.82) is 0 Å². The molecule has 2 rings (SSSR count). The van der Waals surface area contributed by atoms with E-state index in [1.807, 2.05) is 18.9 Å². The largest absolute Gasteiger partial charge is 0.327 e. The predicted octanol–water partition coefficient (Wildman–Crippen LogP) is 3.16. The van der Waals surface area contributed by atoms with Crippen molar-refractivity contribution in [3.05, 3.63) is 11.9 Å². The molecule has 2 aliphatic heterocycles. The summed E-state index contributed by atoms with van der Waals surface area (Å²) in [5, 5.41) is 4.22. The van der Waals surface area contributed by atoms with E-state index in [2.05, 4.69) is 42.5 Å². The molecule has 1 N–H and O–H groups in total. The maximum absolute atomic E-state index is 12.7. The van der Waals surface area contributed by atoms with Crippen LogP contribution in [0.15, 0.2) is 11.9 Å². The van der Waals surface area contributed by atoms with Crippen molar-refractivity contribution in [2.24, 2.45) is 5.92 Å². The first-order valence-corrected chi connectivity index (χ1v) is 10.5. The van der Waals surface area contributed by atoms with Crippen LogP contribution in [0.5, 0.6) is 0 Å². The van der Waals surface area contributed by atoms with Gasteiger partial charge in [-0.25, -0.2) is 4.79 Å². The van der Waals surface area contributed by atoms with Crippen LogP contribution in [0.2, 0.25) is 0 Å². The summed E-state index contributed by atoms with van der Waals surface area (Å²) in [4.78, 5) is 28.2. The van der Waals surface area contributed by atoms with Crippen molar-refractivity contribution in [2.75, 3.05) is 26.7 Å². The van der Waals surface area contributed by atoms with Gasteiger partial charge in [0.15, 0.2) is 0 Å². The first-order valence-electron chi connectivity index (χ1n) is 10.5. The molecule has 0 aliphatic carbocycles. The van der Waals surface area contributed by atoms with E-state index in [0.717, 1.165) is 32.4 Å². The summed E-state index contributed by atoms with van der Waals surface area (Å²) in [6.07, 6.45) is 7.88. The highest BCUT2D eigenvalue weighted by molar-refractivity contribution is 5.96. The van der Waals surface area contributed by atoms with Crippen molar-refractivity contribution in [3.8, 4) is 0 Å². The van der Waals surface area contributed by atoms with Crippen molar-refractivity contribution in [2.45, 2.75) is 72.3 Å². The Morgan fingerprint density at radius 1 is 1.22 bits per heavy atom. The topological polar surface area (TPSA) is 59.1 Å². The third-order valence-electron chi connectivity index (χ3n) is 5.43. The second kappa shape index (κ2) is 9.97. The average molecular weight is 380 g/mol. The number of hydrogen-bond acceptors (Lipinski definition) is 5. The number of nitrogens with one attached hydrogen (secondary N) is 1. The molecule has 0 radical (unpaired) electrons. The average Bonchev–Trinajstić information content (AvgIpc) is 3.16. The van der Waals surface area contributed by atoms with E-state index in [-0.39, 0.29) is 23.9 Å². The van der Waals surface area contributed by atoms with Crippen LogP contribution in [0.3, 0.4) is 0 Å². The van der Waals surface area contributed by atoms with Crippen molar-refractivity contribution >= 4 is 11.9 Å². The minimum absolute atomic E-state index is 0.00458. The number of nitrogens with zero attached hydrogens (tertiary/aromatic N) is 4. The lowest BCUT2D eigenvalue weighted by Gasteiger charge is -2.23. The van der Waals surface area contributed by atoms with Crippen LogP contribution in [0.4, 0.5) is 4.79 Å². The molecule has 0 spiro atoms. The molecule has 2 heterocycles. The summed E-state index contributed by atoms with van der Waals surface area (Å²) >= 11 is 0. The summed E-state index contributed by atoms with van der Waals surface area (Å²) in [6, 6.07) is -0.102. The van der Waals surface area contributed by atoms with E-state index in [0.29, 0.717) is 13.0 Å². The Labute approximate surface area is 164 Å². The highest BCUT2D eigenvalue weighted by Gasteiger charge is 2.41. The molecule has 3 amide bonds. The fourth-order valence-electron chi connectivity index (χ4n) is 3.67. The van der Waals surface area contributed by atoms with Gasteiger partial charge in [-0.3, -0.25) is 19.7 Å². The molecule has 0 aromatic rings. The van der Waals surface area contributed by atoms with Crippen molar-refractivity contribution in [3.63, 3.8) is 0 Å². The van der Waals surface area contributed by atoms with Gasteiger partial charge in [-0.2, -0.15) is 0 Å². The molecule has 0 bridgehead atoms. The van der Waals surface area contributed by atoms with Crippen molar-refractivity contribution < 1.29 is 9.59 Å². The molecule has 1 fully saturated rings. The molecule has 0 unspecified atom stereocenters. The van der Waals surface area contributed by atoms with Crippen molar-refractivity contribution in [1.82, 2.24) is 25.4 Å². The van der Waals surface area contributed by atoms with Gasteiger partial charge in [-0.15, -0.1) is 5.53 Å². The summed E-state index contributed by atoms with van der Waals surface area (Å²) in [5.41, 5.74) is 4.62. The van der Waals surface area contributed by atoms with Gasteiger partial charge in [0, 0.05) is 45.0 Å². The Balaban J connectivity index is 1.80. The van der Waals surface area contributed by atoms with Gasteiger partial charge < -0.3 is 4.90 Å². The highest BCUT2D eigenvalue weighted by Crippen LogP contribution is 2.24. The monoisotopic (exact) mass is 379 g/mol. The first kappa shape index (κ1) is 21.5. The SMILES string of the molecule is CCCCN1C=C(CCCCN2C[C@H](C(C)C)N(C(=O)CC)C2=O)N(C)N1. The lowest BCUT2D eigenvalue weighted by Crippen LogP contribution is -2.42. The van der Waals surface area contributed by atoms with Gasteiger partial charge >= 0.3 is 6.03 Å². The molecular formula is C20H37N5O2. The number of unbranched alkanes of at least 4 members (excludes halogenated alkanes) is 2. The summed E-state index contributed by atoms with van der Waals surface area (Å²) in [6.45, 7) is 10.6. The molecule has 1 atom stereocenters. The fraction of sp³-hybridized carbons (Fsp3) is 0.800. The zero-order valence-electron chi connectivity index (χ0n) is 17.7. The van der Waals surface area contributed by atoms with Gasteiger partial charge in [-0.1, -0.05) is 34.1 Å². The van der Waals surface area contributed by atoms with Gasteiger partial charge in [-0.05, 0) is 31.6 Å². The minimum Gasteiger partial charge on any atom is -0.322 e. The van der Waals surface area contributed by atoms with Crippen LogP contribution in [-0.2, 0) is 4.79 Å². The van der Waals surface area contributed by atoms with Crippen LogP contribution in [0, 0.1) is 5.92 Å². The number of carbonyl (C=O) groups excluding carboxylic acids is 2. The van der Waals surface area contributed by atoms with Crippen LogP contribution >= 0.6 is 0 Å². The molecule has 2 aliphatic rings. The minimum atomic E-state index is -0.106. The van der Waals surface area contributed by atoms with Crippen LogP contribution in [0.1, 0.15) is 66.2 Å². The number of amides is 3. The number of urea groups is 1. The number of carbonyl (C=O) groups is 2. The smallest absolute Gasteiger partial charge is 0.322 e. The molecule has 154 valence electrons. The standard InChI is InChI=1S/C20H37N5O2/c1-6-8-13-24-14-17(22(5)21-24)11-9-10-12-23-15-18(16(3)4)25(20(23)27)19(26)7-2/h14,16,18,21H,6-13,15H2,1-5H3/t18-/m1/s1. The van der Waals surface area contributed by atoms with E-state index in [1.54, 1.807) is 0 Å². The lowest BCUT2D eigenvalue weighted by atomic mass is 10.0. The maximum Gasteiger partial charge on any atom is 0.327 e. The zero-order chi connectivity index (χ0) is 20.0. The Morgan fingerprint density at radius 2 is 1.96 bits per heavy atom. The fourth-order valence-corrected chi connectivity index (χ4v) is 3.67. The summed E-state index contributed by atoms with van der Waals surface area (Å²) < 4.78 is 0. The second-order valence-corrected chi connectivity index (χ2v) is 7.94. The quantitative estimate of drug-likeness (QED) is 0.591. The number of hydrazine groups is 2. The molecule has 1 saturated heterocycles. The number of allylic oxidation sites excluding steroid dienone is 1. The van der Waals surface area contributed by atoms with Gasteiger partial charge in [0.2, 0.25) is 5.91 Å². The Bertz CT molecular complexity index is 548. The highest BCUT2D eigenvalue weighted by atomic mass is 16.2. The Hall–Kier alpha value is -1.76. The Morgan fingerprint density at radius 3 is 2.59 bits per heavy atom. The third-order valence-corrected chi connectivity index (χ3v) is 5.43. The number of imide groups is 1. The lowest BCUT2D eigenvalue weighted by molar-refractivity contribution is -0.129. The molecule has 7 heteroatoms. The van der Waals surface area contributed by atoms with Crippen LogP contribution in [0.25, 0.3) is 0 Å². The van der Waals surface area contributed by atoms with Gasteiger partial charge in [0.25, 0.3) is 0 Å². The van der Waals surface area contributed by atoms with E-state index in [9.17, 15) is 9.59 Å². The first-order chi connectivity index (χ1) is 12.9. The molecule has 0 aromatic carbocycles. The van der Waals surface area contributed by atoms with Gasteiger partial charge in [0.1, 0.15) is 0 Å². The molecule has 0 aromatic heterocycles. The van der Waals surface area contributed by atoms with E-state index in [1.165, 1.54) is 23.4 Å². The summed E-state index contributed by atoms with van der Waals surface area (Å²) in [5.74, 6) is 0.226. The number of rotatable bonds is 10. The zero-order valence-corrected chi connectivity index (χ0v) is 17.7.